The van der Waals surface area contributed by atoms with Crippen molar-refractivity contribution in [2.45, 2.75) is 19.8 Å². The zero-order valence-corrected chi connectivity index (χ0v) is 18.5. The summed E-state index contributed by atoms with van der Waals surface area (Å²) >= 11 is 0. The summed E-state index contributed by atoms with van der Waals surface area (Å²) in [5.41, 5.74) is 10.8. The predicted molar refractivity (Wildman–Crippen MR) is 128 cm³/mol. The number of nitrogens with one attached hydrogen (secondary N) is 2. The number of aryl methyl sites for hydroxylation is 1. The van der Waals surface area contributed by atoms with E-state index in [1.807, 2.05) is 19.2 Å². The molecule has 0 atom stereocenters. The Balaban J connectivity index is 1.48. The fourth-order valence-electron chi connectivity index (χ4n) is 4.52. The van der Waals surface area contributed by atoms with Crippen molar-refractivity contribution >= 4 is 16.5 Å². The van der Waals surface area contributed by atoms with E-state index >= 15 is 4.39 Å². The van der Waals surface area contributed by atoms with E-state index in [9.17, 15) is 5.11 Å². The number of imidazole rings is 1. The molecule has 1 aliphatic rings. The number of H-pyrrole nitrogens is 2. The Kier molecular flexibility index (Phi) is 5.70. The van der Waals surface area contributed by atoms with E-state index in [0.29, 0.717) is 41.0 Å². The molecule has 5 N–H and O–H groups in total. The van der Waals surface area contributed by atoms with Crippen LogP contribution in [0.3, 0.4) is 0 Å². The maximum Gasteiger partial charge on any atom is 0.159 e. The fourth-order valence-corrected chi connectivity index (χ4v) is 4.52. The molecule has 7 nitrogen and oxygen atoms in total. The van der Waals surface area contributed by atoms with Crippen molar-refractivity contribution in [3.63, 3.8) is 0 Å². The molecule has 170 valence electrons. The van der Waals surface area contributed by atoms with Gasteiger partial charge in [-0.3, -0.25) is 10.00 Å². The summed E-state index contributed by atoms with van der Waals surface area (Å²) in [7, 11) is 0. The first kappa shape index (κ1) is 21.4. The highest BCUT2D eigenvalue weighted by Crippen LogP contribution is 2.35. The smallest absolute Gasteiger partial charge is 0.159 e. The van der Waals surface area contributed by atoms with Gasteiger partial charge in [0.15, 0.2) is 11.6 Å². The third kappa shape index (κ3) is 3.92. The van der Waals surface area contributed by atoms with Crippen LogP contribution in [0.25, 0.3) is 39.1 Å². The minimum atomic E-state index is -0.367. The molecular formula is C25H27FN6O. The molecule has 0 fully saturated rings. The Hall–Kier alpha value is -3.49. The third-order valence-electron chi connectivity index (χ3n) is 6.31. The van der Waals surface area contributed by atoms with Gasteiger partial charge in [-0.15, -0.1) is 0 Å². The average molecular weight is 447 g/mol. The molecule has 2 aromatic heterocycles. The molecular weight excluding hydrogens is 419 g/mol. The lowest BCUT2D eigenvalue weighted by Crippen LogP contribution is -2.33. The number of aromatic amines is 2. The second kappa shape index (κ2) is 8.80. The van der Waals surface area contributed by atoms with Crippen molar-refractivity contribution < 1.29 is 9.50 Å². The van der Waals surface area contributed by atoms with Gasteiger partial charge in [0.05, 0.1) is 5.69 Å². The number of benzene rings is 2. The third-order valence-corrected chi connectivity index (χ3v) is 6.31. The van der Waals surface area contributed by atoms with E-state index in [1.165, 1.54) is 5.57 Å². The first-order chi connectivity index (χ1) is 16.1. The number of hydrogen-bond acceptors (Lipinski definition) is 5. The van der Waals surface area contributed by atoms with Crippen LogP contribution in [0.4, 0.5) is 4.39 Å². The molecule has 33 heavy (non-hydrogen) atoms. The second-order valence-electron chi connectivity index (χ2n) is 8.32. The lowest BCUT2D eigenvalue weighted by Gasteiger charge is -2.24. The van der Waals surface area contributed by atoms with Gasteiger partial charge >= 0.3 is 0 Å². The largest absolute Gasteiger partial charge is 0.508 e. The topological polar surface area (TPSA) is 107 Å². The van der Waals surface area contributed by atoms with E-state index < -0.39 is 0 Å². The number of halogens is 1. The van der Waals surface area contributed by atoms with E-state index in [-0.39, 0.29) is 11.6 Å². The van der Waals surface area contributed by atoms with E-state index in [2.05, 4.69) is 26.2 Å². The van der Waals surface area contributed by atoms with Gasteiger partial charge in [0, 0.05) is 43.3 Å². The monoisotopic (exact) mass is 446 g/mol. The number of aromatic hydroxyl groups is 1. The summed E-state index contributed by atoms with van der Waals surface area (Å²) in [6.07, 6.45) is 5.67. The predicted octanol–water partition coefficient (Wildman–Crippen LogP) is 4.07. The number of nitrogens with two attached hydrogens (primary N) is 1. The van der Waals surface area contributed by atoms with Crippen molar-refractivity contribution in [1.29, 1.82) is 0 Å². The lowest BCUT2D eigenvalue weighted by molar-refractivity contribution is 0.310. The molecule has 2 aromatic carbocycles. The van der Waals surface area contributed by atoms with E-state index in [0.717, 1.165) is 42.9 Å². The summed E-state index contributed by atoms with van der Waals surface area (Å²) in [6, 6.07) is 8.64. The standard InChI is InChI=1S/C25H27FN6O/c1-2-15-13-17(33)3-4-18(15)19-5-6-20-23(22(19)26)30-31-24(20)25-28-14-21(29-25)16-7-10-32(11-8-16)12-9-27/h3-7,13-14,33H,2,8-12,27H2,1H3,(H,28,29)(H,30,31). The summed E-state index contributed by atoms with van der Waals surface area (Å²) in [4.78, 5) is 10.3. The molecule has 0 saturated heterocycles. The zero-order valence-electron chi connectivity index (χ0n) is 18.5. The minimum Gasteiger partial charge on any atom is -0.508 e. The van der Waals surface area contributed by atoms with Crippen LogP contribution in [0.5, 0.6) is 5.75 Å². The maximum absolute atomic E-state index is 15.5. The second-order valence-corrected chi connectivity index (χ2v) is 8.32. The van der Waals surface area contributed by atoms with Gasteiger partial charge < -0.3 is 15.8 Å². The number of rotatable bonds is 6. The molecule has 0 amide bonds. The SMILES string of the molecule is CCc1cc(O)ccc1-c1ccc2c(-c3nc(C4=CCN(CCN)CC4)c[nH]3)n[nH]c2c1F. The van der Waals surface area contributed by atoms with Gasteiger partial charge in [-0.2, -0.15) is 5.10 Å². The highest BCUT2D eigenvalue weighted by atomic mass is 19.1. The number of phenolic OH excluding ortho intramolecular Hbond substituents is 1. The van der Waals surface area contributed by atoms with Crippen LogP contribution in [0.15, 0.2) is 42.6 Å². The molecule has 0 aliphatic carbocycles. The minimum absolute atomic E-state index is 0.176. The molecule has 0 radical (unpaired) electrons. The van der Waals surface area contributed by atoms with Crippen LogP contribution in [0.1, 0.15) is 24.6 Å². The highest BCUT2D eigenvalue weighted by molar-refractivity contribution is 5.94. The first-order valence-electron chi connectivity index (χ1n) is 11.3. The normalized spacial score (nSPS) is 14.7. The van der Waals surface area contributed by atoms with Crippen LogP contribution in [0, 0.1) is 5.82 Å². The van der Waals surface area contributed by atoms with Gasteiger partial charge in [0.25, 0.3) is 0 Å². The molecule has 0 saturated carbocycles. The van der Waals surface area contributed by atoms with Gasteiger partial charge in [0.2, 0.25) is 0 Å². The van der Waals surface area contributed by atoms with Crippen molar-refractivity contribution in [3.05, 3.63) is 59.7 Å². The molecule has 8 heteroatoms. The Morgan fingerprint density at radius 1 is 1.21 bits per heavy atom. The summed E-state index contributed by atoms with van der Waals surface area (Å²) in [5, 5.41) is 17.7. The van der Waals surface area contributed by atoms with Crippen LogP contribution in [-0.4, -0.2) is 56.4 Å². The summed E-state index contributed by atoms with van der Waals surface area (Å²) < 4.78 is 15.5. The van der Waals surface area contributed by atoms with Crippen molar-refractivity contribution in [2.75, 3.05) is 26.2 Å². The van der Waals surface area contributed by atoms with Gasteiger partial charge in [0.1, 0.15) is 17.0 Å². The van der Waals surface area contributed by atoms with Crippen LogP contribution >= 0.6 is 0 Å². The van der Waals surface area contributed by atoms with Crippen LogP contribution < -0.4 is 5.73 Å². The average Bonchev–Trinajstić information content (AvgIpc) is 3.48. The molecule has 3 heterocycles. The van der Waals surface area contributed by atoms with Crippen molar-refractivity contribution in [2.24, 2.45) is 5.73 Å². The first-order valence-corrected chi connectivity index (χ1v) is 11.3. The number of hydrogen-bond donors (Lipinski definition) is 4. The molecule has 0 spiro atoms. The molecule has 5 rings (SSSR count). The Bertz CT molecular complexity index is 1340. The zero-order chi connectivity index (χ0) is 22.9. The Morgan fingerprint density at radius 2 is 2.06 bits per heavy atom. The molecule has 0 bridgehead atoms. The Labute approximate surface area is 191 Å². The summed E-state index contributed by atoms with van der Waals surface area (Å²) in [5.74, 6) is 0.413. The number of aromatic nitrogens is 4. The molecule has 0 unspecified atom stereocenters. The van der Waals surface area contributed by atoms with Gasteiger partial charge in [-0.05, 0) is 47.7 Å². The lowest BCUT2D eigenvalue weighted by atomic mass is 9.96. The van der Waals surface area contributed by atoms with Gasteiger partial charge in [-0.1, -0.05) is 25.1 Å². The number of nitrogens with zero attached hydrogens (tertiary/aromatic N) is 3. The fraction of sp³-hybridized carbons (Fsp3) is 0.280. The maximum atomic E-state index is 15.5. The van der Waals surface area contributed by atoms with Crippen LogP contribution in [0.2, 0.25) is 0 Å². The highest BCUT2D eigenvalue weighted by Gasteiger charge is 2.20. The Morgan fingerprint density at radius 3 is 2.82 bits per heavy atom. The van der Waals surface area contributed by atoms with Gasteiger partial charge in [-0.25, -0.2) is 9.37 Å². The summed E-state index contributed by atoms with van der Waals surface area (Å²) in [6.45, 7) is 5.36. The molecule has 1 aliphatic heterocycles. The quantitative estimate of drug-likeness (QED) is 0.357. The number of phenols is 1. The number of fused-ring (bicyclic) bond motifs is 1. The van der Waals surface area contributed by atoms with Crippen molar-refractivity contribution in [3.8, 4) is 28.4 Å². The van der Waals surface area contributed by atoms with E-state index in [4.69, 9.17) is 10.7 Å². The van der Waals surface area contributed by atoms with Crippen molar-refractivity contribution in [1.82, 2.24) is 25.1 Å². The van der Waals surface area contributed by atoms with Crippen LogP contribution in [-0.2, 0) is 6.42 Å². The molecule has 4 aromatic rings. The van der Waals surface area contributed by atoms with E-state index in [1.54, 1.807) is 24.3 Å².